The first-order valence-corrected chi connectivity index (χ1v) is 8.85. The molecular formula is C21H18N4O4. The van der Waals surface area contributed by atoms with Gasteiger partial charge in [0.2, 0.25) is 0 Å². The highest BCUT2D eigenvalue weighted by atomic mass is 16.6. The first kappa shape index (κ1) is 18.4. The lowest BCUT2D eigenvalue weighted by molar-refractivity contribution is -0.384. The van der Waals surface area contributed by atoms with Crippen LogP contribution in [-0.2, 0) is 0 Å². The molecule has 8 nitrogen and oxygen atoms in total. The lowest BCUT2D eigenvalue weighted by Crippen LogP contribution is -1.98. The number of aromatic nitrogens is 3. The summed E-state index contributed by atoms with van der Waals surface area (Å²) in [6, 6.07) is 15.8. The van der Waals surface area contributed by atoms with Crippen molar-refractivity contribution in [3.05, 3.63) is 70.4 Å². The minimum Gasteiger partial charge on any atom is -0.493 e. The summed E-state index contributed by atoms with van der Waals surface area (Å²) in [5.41, 5.74) is 4.72. The van der Waals surface area contributed by atoms with Crippen LogP contribution in [0.4, 0.5) is 5.69 Å². The molecule has 29 heavy (non-hydrogen) atoms. The number of imidazole rings is 1. The highest BCUT2D eigenvalue weighted by Gasteiger charge is 2.15. The largest absolute Gasteiger partial charge is 0.493 e. The Morgan fingerprint density at radius 1 is 0.931 bits per heavy atom. The smallest absolute Gasteiger partial charge is 0.269 e. The molecular weight excluding hydrogens is 372 g/mol. The van der Waals surface area contributed by atoms with E-state index < -0.39 is 4.92 Å². The fourth-order valence-corrected chi connectivity index (χ4v) is 3.27. The van der Waals surface area contributed by atoms with Crippen molar-refractivity contribution in [2.45, 2.75) is 6.92 Å². The van der Waals surface area contributed by atoms with E-state index >= 15 is 0 Å². The van der Waals surface area contributed by atoms with Gasteiger partial charge in [-0.05, 0) is 49.4 Å². The molecule has 0 saturated heterocycles. The molecule has 0 atom stereocenters. The molecule has 146 valence electrons. The SMILES string of the molecule is COc1ccc(-c2ccc3nc(C)c(-c4ccc([N+](=O)[O-])cc4)n3n2)cc1OC. The van der Waals surface area contributed by atoms with Gasteiger partial charge < -0.3 is 9.47 Å². The van der Waals surface area contributed by atoms with Crippen LogP contribution < -0.4 is 9.47 Å². The number of non-ortho nitro benzene ring substituents is 1. The van der Waals surface area contributed by atoms with Crippen molar-refractivity contribution in [1.82, 2.24) is 14.6 Å². The Labute approximate surface area is 166 Å². The van der Waals surface area contributed by atoms with Gasteiger partial charge in [0, 0.05) is 23.3 Å². The zero-order valence-electron chi connectivity index (χ0n) is 16.1. The van der Waals surface area contributed by atoms with Gasteiger partial charge in [-0.2, -0.15) is 5.10 Å². The Hall–Kier alpha value is -3.94. The maximum atomic E-state index is 10.9. The van der Waals surface area contributed by atoms with Crippen LogP contribution in [0.5, 0.6) is 11.5 Å². The first-order valence-electron chi connectivity index (χ1n) is 8.85. The highest BCUT2D eigenvalue weighted by Crippen LogP contribution is 2.32. The van der Waals surface area contributed by atoms with Crippen molar-refractivity contribution < 1.29 is 14.4 Å². The third-order valence-electron chi connectivity index (χ3n) is 4.68. The van der Waals surface area contributed by atoms with Crippen LogP contribution in [0.15, 0.2) is 54.6 Å². The molecule has 8 heteroatoms. The van der Waals surface area contributed by atoms with Gasteiger partial charge in [-0.25, -0.2) is 9.50 Å². The number of nitro benzene ring substituents is 1. The normalized spacial score (nSPS) is 10.9. The molecule has 0 saturated carbocycles. The molecule has 4 aromatic rings. The van der Waals surface area contributed by atoms with Crippen LogP contribution in [0, 0.1) is 17.0 Å². The molecule has 0 N–H and O–H groups in total. The van der Waals surface area contributed by atoms with E-state index in [1.54, 1.807) is 30.9 Å². The summed E-state index contributed by atoms with van der Waals surface area (Å²) >= 11 is 0. The molecule has 0 aliphatic heterocycles. The fourth-order valence-electron chi connectivity index (χ4n) is 3.27. The second-order valence-electron chi connectivity index (χ2n) is 6.41. The summed E-state index contributed by atoms with van der Waals surface area (Å²) < 4.78 is 12.4. The summed E-state index contributed by atoms with van der Waals surface area (Å²) in [6.07, 6.45) is 0. The highest BCUT2D eigenvalue weighted by molar-refractivity contribution is 5.70. The maximum absolute atomic E-state index is 10.9. The number of nitrogens with zero attached hydrogens (tertiary/aromatic N) is 4. The van der Waals surface area contributed by atoms with Crippen molar-refractivity contribution in [1.29, 1.82) is 0 Å². The molecule has 0 amide bonds. The van der Waals surface area contributed by atoms with Crippen LogP contribution in [-0.4, -0.2) is 33.7 Å². The number of ether oxygens (including phenoxy) is 2. The molecule has 0 aliphatic rings. The molecule has 0 spiro atoms. The zero-order valence-corrected chi connectivity index (χ0v) is 16.1. The molecule has 0 aliphatic carbocycles. The number of aryl methyl sites for hydroxylation is 1. The fraction of sp³-hybridized carbons (Fsp3) is 0.143. The summed E-state index contributed by atoms with van der Waals surface area (Å²) in [5.74, 6) is 1.26. The Morgan fingerprint density at radius 2 is 1.62 bits per heavy atom. The standard InChI is InChI=1S/C21H18N4O4/c1-13-21(14-4-7-16(8-5-14)25(26)27)24-20(22-13)11-9-17(23-24)15-6-10-18(28-2)19(12-15)29-3/h4-12H,1-3H3. The third kappa shape index (κ3) is 3.25. The van der Waals surface area contributed by atoms with E-state index in [0.29, 0.717) is 17.1 Å². The van der Waals surface area contributed by atoms with Crippen LogP contribution >= 0.6 is 0 Å². The van der Waals surface area contributed by atoms with Crippen molar-refractivity contribution >= 4 is 11.3 Å². The first-order chi connectivity index (χ1) is 14.0. The average Bonchev–Trinajstić information content (AvgIpc) is 3.08. The predicted octanol–water partition coefficient (Wildman–Crippen LogP) is 4.30. The minimum absolute atomic E-state index is 0.0409. The molecule has 2 aromatic heterocycles. The summed E-state index contributed by atoms with van der Waals surface area (Å²) in [6.45, 7) is 1.89. The van der Waals surface area contributed by atoms with Crippen molar-refractivity contribution in [2.75, 3.05) is 14.2 Å². The van der Waals surface area contributed by atoms with Gasteiger partial charge in [-0.15, -0.1) is 0 Å². The van der Waals surface area contributed by atoms with Gasteiger partial charge in [-0.3, -0.25) is 10.1 Å². The topological polar surface area (TPSA) is 91.8 Å². The molecule has 0 unspecified atom stereocenters. The second kappa shape index (κ2) is 7.23. The number of hydrogen-bond donors (Lipinski definition) is 0. The quantitative estimate of drug-likeness (QED) is 0.373. The van der Waals surface area contributed by atoms with E-state index in [-0.39, 0.29) is 5.69 Å². The maximum Gasteiger partial charge on any atom is 0.269 e. The van der Waals surface area contributed by atoms with E-state index in [1.165, 1.54) is 12.1 Å². The Kier molecular flexibility index (Phi) is 4.59. The van der Waals surface area contributed by atoms with Crippen LogP contribution in [0.2, 0.25) is 0 Å². The van der Waals surface area contributed by atoms with Gasteiger partial charge in [0.05, 0.1) is 36.2 Å². The van der Waals surface area contributed by atoms with Crippen molar-refractivity contribution in [2.24, 2.45) is 0 Å². The van der Waals surface area contributed by atoms with Crippen molar-refractivity contribution in [3.63, 3.8) is 0 Å². The van der Waals surface area contributed by atoms with Gasteiger partial charge in [0.15, 0.2) is 17.1 Å². The van der Waals surface area contributed by atoms with Crippen molar-refractivity contribution in [3.8, 4) is 34.0 Å². The molecule has 2 heterocycles. The molecule has 4 rings (SSSR count). The molecule has 0 fully saturated rings. The second-order valence-corrected chi connectivity index (χ2v) is 6.41. The summed E-state index contributed by atoms with van der Waals surface area (Å²) in [7, 11) is 3.18. The van der Waals surface area contributed by atoms with E-state index in [0.717, 1.165) is 28.2 Å². The Balaban J connectivity index is 1.84. The summed E-state index contributed by atoms with van der Waals surface area (Å²) in [4.78, 5) is 15.1. The third-order valence-corrected chi connectivity index (χ3v) is 4.68. The molecule has 0 bridgehead atoms. The van der Waals surface area contributed by atoms with Gasteiger partial charge in [0.1, 0.15) is 0 Å². The number of fused-ring (bicyclic) bond motifs is 1. The predicted molar refractivity (Wildman–Crippen MR) is 108 cm³/mol. The van der Waals surface area contributed by atoms with Crippen LogP contribution in [0.25, 0.3) is 28.2 Å². The average molecular weight is 390 g/mol. The monoisotopic (exact) mass is 390 g/mol. The van der Waals surface area contributed by atoms with Gasteiger partial charge in [0.25, 0.3) is 5.69 Å². The summed E-state index contributed by atoms with van der Waals surface area (Å²) in [5, 5.41) is 15.7. The number of methoxy groups -OCH3 is 2. The van der Waals surface area contributed by atoms with Gasteiger partial charge >= 0.3 is 0 Å². The van der Waals surface area contributed by atoms with E-state index in [9.17, 15) is 10.1 Å². The van der Waals surface area contributed by atoms with E-state index in [4.69, 9.17) is 14.6 Å². The minimum atomic E-state index is -0.418. The lowest BCUT2D eigenvalue weighted by Gasteiger charge is -2.10. The van der Waals surface area contributed by atoms with Gasteiger partial charge in [-0.1, -0.05) is 0 Å². The number of rotatable bonds is 5. The van der Waals surface area contributed by atoms with Crippen LogP contribution in [0.3, 0.4) is 0 Å². The lowest BCUT2D eigenvalue weighted by atomic mass is 10.1. The Morgan fingerprint density at radius 3 is 2.28 bits per heavy atom. The molecule has 0 radical (unpaired) electrons. The van der Waals surface area contributed by atoms with E-state index in [1.807, 2.05) is 37.3 Å². The van der Waals surface area contributed by atoms with E-state index in [2.05, 4.69) is 4.98 Å². The number of nitro groups is 1. The number of benzene rings is 2. The zero-order chi connectivity index (χ0) is 20.5. The Bertz CT molecular complexity index is 1220. The van der Waals surface area contributed by atoms with Crippen LogP contribution in [0.1, 0.15) is 5.69 Å². The number of hydrogen-bond acceptors (Lipinski definition) is 6. The molecule has 2 aromatic carbocycles.